The van der Waals surface area contributed by atoms with Crippen molar-refractivity contribution in [1.82, 2.24) is 4.98 Å². The van der Waals surface area contributed by atoms with Crippen molar-refractivity contribution in [3.63, 3.8) is 0 Å². The zero-order valence-corrected chi connectivity index (χ0v) is 21.6. The minimum absolute atomic E-state index is 0.0619. The number of pyridine rings is 1. The fourth-order valence-corrected chi connectivity index (χ4v) is 6.56. The first kappa shape index (κ1) is 23.1. The Morgan fingerprint density at radius 2 is 1.61 bits per heavy atom. The predicted molar refractivity (Wildman–Crippen MR) is 134 cm³/mol. The van der Waals surface area contributed by atoms with Crippen molar-refractivity contribution in [3.05, 3.63) is 63.5 Å². The SMILES string of the molecule is CC1(C)Cc2nc(C3CCCC3)c3c(c2[C@@H](O)C1)C(C)(C)O[C@@H]3c1ccc(C(C)(C)C)cc1. The summed E-state index contributed by atoms with van der Waals surface area (Å²) >= 11 is 0. The molecule has 1 aliphatic heterocycles. The summed E-state index contributed by atoms with van der Waals surface area (Å²) in [5, 5.41) is 11.3. The average Bonchev–Trinajstić information content (AvgIpc) is 3.32. The third-order valence-corrected chi connectivity index (χ3v) is 8.20. The molecule has 0 radical (unpaired) electrons. The molecular formula is C30H41NO2. The van der Waals surface area contributed by atoms with Crippen LogP contribution in [0.5, 0.6) is 0 Å². The van der Waals surface area contributed by atoms with Crippen LogP contribution in [0.25, 0.3) is 0 Å². The molecule has 5 rings (SSSR count). The molecule has 0 saturated heterocycles. The molecule has 0 unspecified atom stereocenters. The fourth-order valence-electron chi connectivity index (χ4n) is 6.56. The molecule has 3 heteroatoms. The third-order valence-electron chi connectivity index (χ3n) is 8.20. The molecule has 2 aliphatic carbocycles. The van der Waals surface area contributed by atoms with Crippen LogP contribution in [0.1, 0.15) is 138 Å². The zero-order valence-electron chi connectivity index (χ0n) is 21.6. The van der Waals surface area contributed by atoms with Gasteiger partial charge in [-0.1, -0.05) is 71.7 Å². The summed E-state index contributed by atoms with van der Waals surface area (Å²) in [7, 11) is 0. The van der Waals surface area contributed by atoms with Crippen LogP contribution in [-0.4, -0.2) is 10.1 Å². The molecule has 1 saturated carbocycles. The number of hydrogen-bond donors (Lipinski definition) is 1. The molecular weight excluding hydrogens is 406 g/mol. The molecule has 0 bridgehead atoms. The molecule has 2 heterocycles. The van der Waals surface area contributed by atoms with Crippen molar-refractivity contribution in [2.45, 2.75) is 116 Å². The predicted octanol–water partition coefficient (Wildman–Crippen LogP) is 7.40. The highest BCUT2D eigenvalue weighted by Crippen LogP contribution is 2.55. The Hall–Kier alpha value is -1.71. The van der Waals surface area contributed by atoms with Crippen LogP contribution in [0.4, 0.5) is 0 Å². The van der Waals surface area contributed by atoms with E-state index in [1.165, 1.54) is 53.6 Å². The molecule has 178 valence electrons. The molecule has 1 fully saturated rings. The molecule has 3 nitrogen and oxygen atoms in total. The van der Waals surface area contributed by atoms with Crippen LogP contribution < -0.4 is 0 Å². The van der Waals surface area contributed by atoms with Crippen molar-refractivity contribution in [2.24, 2.45) is 5.41 Å². The van der Waals surface area contributed by atoms with Gasteiger partial charge in [-0.2, -0.15) is 0 Å². The second kappa shape index (κ2) is 7.65. The first-order valence-corrected chi connectivity index (χ1v) is 12.9. The van der Waals surface area contributed by atoms with Crippen molar-refractivity contribution >= 4 is 0 Å². The van der Waals surface area contributed by atoms with Gasteiger partial charge in [0, 0.05) is 22.7 Å². The van der Waals surface area contributed by atoms with Gasteiger partial charge in [0.2, 0.25) is 0 Å². The van der Waals surface area contributed by atoms with E-state index in [1.807, 2.05) is 0 Å². The normalized spacial score (nSPS) is 26.3. The van der Waals surface area contributed by atoms with Gasteiger partial charge in [-0.05, 0) is 67.1 Å². The van der Waals surface area contributed by atoms with Gasteiger partial charge in [0.1, 0.15) is 6.10 Å². The van der Waals surface area contributed by atoms with E-state index in [9.17, 15) is 5.11 Å². The lowest BCUT2D eigenvalue weighted by molar-refractivity contribution is -0.0360. The molecule has 2 aromatic rings. The molecule has 2 atom stereocenters. The first-order chi connectivity index (χ1) is 15.4. The van der Waals surface area contributed by atoms with Gasteiger partial charge in [-0.3, -0.25) is 4.98 Å². The van der Waals surface area contributed by atoms with E-state index in [-0.39, 0.29) is 16.9 Å². The maximum atomic E-state index is 11.3. The standard InChI is InChI=1S/C30H41NO2/c1-28(2,3)20-14-12-19(13-15-20)27-24-25(30(6,7)33-27)23-21(16-29(4,5)17-22(23)32)31-26(24)18-10-8-9-11-18/h12-15,18,22,27,32H,8-11,16-17H2,1-7H3/t22-,27+/m0/s1. The number of fused-ring (bicyclic) bond motifs is 3. The smallest absolute Gasteiger partial charge is 0.111 e. The van der Waals surface area contributed by atoms with Gasteiger partial charge in [0.25, 0.3) is 0 Å². The first-order valence-electron chi connectivity index (χ1n) is 12.9. The van der Waals surface area contributed by atoms with Gasteiger partial charge in [-0.25, -0.2) is 0 Å². The Balaban J connectivity index is 1.71. The minimum atomic E-state index is -0.479. The van der Waals surface area contributed by atoms with E-state index < -0.39 is 11.7 Å². The molecule has 0 amide bonds. The summed E-state index contributed by atoms with van der Waals surface area (Å²) in [6.07, 6.45) is 6.07. The lowest BCUT2D eigenvalue weighted by Crippen LogP contribution is -2.31. The molecule has 1 N–H and O–H groups in total. The Kier molecular flexibility index (Phi) is 5.34. The molecule has 3 aliphatic rings. The molecule has 0 spiro atoms. The number of hydrogen-bond acceptors (Lipinski definition) is 3. The second-order valence-corrected chi connectivity index (χ2v) is 13.1. The highest BCUT2D eigenvalue weighted by Gasteiger charge is 2.48. The molecule has 33 heavy (non-hydrogen) atoms. The van der Waals surface area contributed by atoms with Gasteiger partial charge < -0.3 is 9.84 Å². The van der Waals surface area contributed by atoms with Gasteiger partial charge in [-0.15, -0.1) is 0 Å². The number of aromatic nitrogens is 1. The number of benzene rings is 1. The van der Waals surface area contributed by atoms with E-state index in [2.05, 4.69) is 72.7 Å². The minimum Gasteiger partial charge on any atom is -0.388 e. The van der Waals surface area contributed by atoms with Crippen LogP contribution in [0.2, 0.25) is 0 Å². The largest absolute Gasteiger partial charge is 0.388 e. The van der Waals surface area contributed by atoms with Gasteiger partial charge in [0.05, 0.1) is 17.4 Å². The van der Waals surface area contributed by atoms with E-state index >= 15 is 0 Å². The summed E-state index contributed by atoms with van der Waals surface area (Å²) in [6, 6.07) is 8.99. The van der Waals surface area contributed by atoms with Crippen molar-refractivity contribution < 1.29 is 9.84 Å². The molecule has 1 aromatic heterocycles. The van der Waals surface area contributed by atoms with Crippen molar-refractivity contribution in [2.75, 3.05) is 0 Å². The zero-order chi connectivity index (χ0) is 23.8. The highest BCUT2D eigenvalue weighted by molar-refractivity contribution is 5.54. The van der Waals surface area contributed by atoms with E-state index in [4.69, 9.17) is 9.72 Å². The Bertz CT molecular complexity index is 1050. The quantitative estimate of drug-likeness (QED) is 0.521. The monoisotopic (exact) mass is 447 g/mol. The van der Waals surface area contributed by atoms with E-state index in [0.29, 0.717) is 5.92 Å². The van der Waals surface area contributed by atoms with Gasteiger partial charge >= 0.3 is 0 Å². The van der Waals surface area contributed by atoms with Crippen LogP contribution in [0, 0.1) is 5.41 Å². The average molecular weight is 448 g/mol. The van der Waals surface area contributed by atoms with Gasteiger partial charge in [0.15, 0.2) is 0 Å². The van der Waals surface area contributed by atoms with Crippen LogP contribution in [0.3, 0.4) is 0 Å². The van der Waals surface area contributed by atoms with Crippen molar-refractivity contribution in [1.29, 1.82) is 0 Å². The Morgan fingerprint density at radius 3 is 2.21 bits per heavy atom. The summed E-state index contributed by atoms with van der Waals surface area (Å²) in [4.78, 5) is 5.37. The second-order valence-electron chi connectivity index (χ2n) is 13.1. The lowest BCUT2D eigenvalue weighted by Gasteiger charge is -2.37. The van der Waals surface area contributed by atoms with E-state index in [0.717, 1.165) is 24.1 Å². The maximum absolute atomic E-state index is 11.3. The lowest BCUT2D eigenvalue weighted by atomic mass is 9.71. The van der Waals surface area contributed by atoms with E-state index in [1.54, 1.807) is 0 Å². The summed E-state index contributed by atoms with van der Waals surface area (Å²) in [6.45, 7) is 15.6. The summed E-state index contributed by atoms with van der Waals surface area (Å²) < 4.78 is 6.85. The topological polar surface area (TPSA) is 42.4 Å². The highest BCUT2D eigenvalue weighted by atomic mass is 16.5. The Labute approximate surface area is 200 Å². The number of aliphatic hydroxyl groups is 1. The Morgan fingerprint density at radius 1 is 0.970 bits per heavy atom. The van der Waals surface area contributed by atoms with Crippen LogP contribution in [-0.2, 0) is 22.2 Å². The van der Waals surface area contributed by atoms with Crippen molar-refractivity contribution in [3.8, 4) is 0 Å². The fraction of sp³-hybridized carbons (Fsp3) is 0.633. The van der Waals surface area contributed by atoms with Crippen LogP contribution in [0.15, 0.2) is 24.3 Å². The third kappa shape index (κ3) is 3.96. The number of aliphatic hydroxyl groups excluding tert-OH is 1. The summed E-state index contributed by atoms with van der Waals surface area (Å²) in [5.74, 6) is 0.500. The summed E-state index contributed by atoms with van der Waals surface area (Å²) in [5.41, 5.74) is 8.17. The van der Waals surface area contributed by atoms with Crippen LogP contribution >= 0.6 is 0 Å². The number of nitrogens with zero attached hydrogens (tertiary/aromatic N) is 1. The maximum Gasteiger partial charge on any atom is 0.111 e. The molecule has 1 aromatic carbocycles. The number of rotatable bonds is 2. The number of ether oxygens (including phenoxy) is 1.